The van der Waals surface area contributed by atoms with Crippen LogP contribution in [0.3, 0.4) is 0 Å². The molecule has 3 heterocycles. The number of carbonyl (C=O) groups excluding carboxylic acids is 1. The Bertz CT molecular complexity index is 859. The van der Waals surface area contributed by atoms with Gasteiger partial charge in [-0.3, -0.25) is 0 Å². The molecule has 0 aromatic carbocycles. The summed E-state index contributed by atoms with van der Waals surface area (Å²) in [7, 11) is 0. The highest BCUT2D eigenvalue weighted by molar-refractivity contribution is 5.84. The number of nitrogens with one attached hydrogen (secondary N) is 1. The van der Waals surface area contributed by atoms with Gasteiger partial charge in [-0.25, -0.2) is 19.7 Å². The number of fused-ring (bicyclic) bond motifs is 1. The number of aromatic nitrogens is 4. The van der Waals surface area contributed by atoms with E-state index in [9.17, 15) is 4.79 Å². The molecular weight excluding hydrogens is 356 g/mol. The zero-order valence-corrected chi connectivity index (χ0v) is 17.4. The Labute approximate surface area is 166 Å². The van der Waals surface area contributed by atoms with Gasteiger partial charge in [-0.2, -0.15) is 0 Å². The van der Waals surface area contributed by atoms with Crippen LogP contribution in [0.1, 0.15) is 59.3 Å². The molecular formula is C20H30N6O2. The van der Waals surface area contributed by atoms with E-state index in [4.69, 9.17) is 4.74 Å². The maximum Gasteiger partial charge on any atom is 0.410 e. The van der Waals surface area contributed by atoms with Crippen molar-refractivity contribution in [2.45, 2.75) is 65.1 Å². The number of anilines is 1. The van der Waals surface area contributed by atoms with Gasteiger partial charge in [-0.05, 0) is 53.5 Å². The highest BCUT2D eigenvalue weighted by atomic mass is 16.6. The standard InChI is InChI=1S/C20H30N6O2/c1-7-15-23-17(16-18(24-15)26(12-21-16)13(2)3)22-14-8-10-25(11-9-14)19(27)28-20(4,5)6/h7,12-14H,1,8-11H2,2-6H3,(H,22,23,24). The van der Waals surface area contributed by atoms with Crippen molar-refractivity contribution in [3.05, 3.63) is 18.7 Å². The second-order valence-corrected chi connectivity index (χ2v) is 8.44. The van der Waals surface area contributed by atoms with E-state index in [0.717, 1.165) is 29.8 Å². The number of carbonyl (C=O) groups is 1. The van der Waals surface area contributed by atoms with Crippen molar-refractivity contribution < 1.29 is 9.53 Å². The summed E-state index contributed by atoms with van der Waals surface area (Å²) in [6.45, 7) is 14.9. The molecule has 0 saturated carbocycles. The molecule has 0 bridgehead atoms. The lowest BCUT2D eigenvalue weighted by atomic mass is 10.1. The highest BCUT2D eigenvalue weighted by Gasteiger charge is 2.27. The van der Waals surface area contributed by atoms with Gasteiger partial charge >= 0.3 is 6.09 Å². The summed E-state index contributed by atoms with van der Waals surface area (Å²) in [5.41, 5.74) is 1.08. The monoisotopic (exact) mass is 386 g/mol. The molecule has 1 amide bonds. The van der Waals surface area contributed by atoms with Crippen molar-refractivity contribution in [2.24, 2.45) is 0 Å². The van der Waals surface area contributed by atoms with Crippen LogP contribution in [0.15, 0.2) is 12.9 Å². The molecule has 0 spiro atoms. The Hall–Kier alpha value is -2.64. The van der Waals surface area contributed by atoms with Crippen LogP contribution < -0.4 is 5.32 Å². The molecule has 0 atom stereocenters. The van der Waals surface area contributed by atoms with Gasteiger partial charge < -0.3 is 19.5 Å². The van der Waals surface area contributed by atoms with E-state index < -0.39 is 5.60 Å². The van der Waals surface area contributed by atoms with Gasteiger partial charge in [0, 0.05) is 25.2 Å². The molecule has 1 fully saturated rings. The summed E-state index contributed by atoms with van der Waals surface area (Å²) < 4.78 is 7.49. The fraction of sp³-hybridized carbons (Fsp3) is 0.600. The van der Waals surface area contributed by atoms with E-state index in [1.165, 1.54) is 0 Å². The molecule has 2 aromatic rings. The molecule has 0 aliphatic carbocycles. The van der Waals surface area contributed by atoms with Gasteiger partial charge in [0.1, 0.15) is 11.1 Å². The van der Waals surface area contributed by atoms with Crippen LogP contribution in [0.2, 0.25) is 0 Å². The lowest BCUT2D eigenvalue weighted by Gasteiger charge is -2.33. The number of nitrogens with zero attached hydrogens (tertiary/aromatic N) is 5. The Kier molecular flexibility index (Phi) is 5.58. The third-order valence-corrected chi connectivity index (χ3v) is 4.67. The highest BCUT2D eigenvalue weighted by Crippen LogP contribution is 2.25. The molecule has 1 N–H and O–H groups in total. The van der Waals surface area contributed by atoms with Crippen molar-refractivity contribution in [3.8, 4) is 0 Å². The van der Waals surface area contributed by atoms with E-state index in [2.05, 4.69) is 40.7 Å². The minimum Gasteiger partial charge on any atom is -0.444 e. The molecule has 3 rings (SSSR count). The summed E-state index contributed by atoms with van der Waals surface area (Å²) in [6.07, 6.45) is 4.83. The van der Waals surface area contributed by atoms with Crippen LogP contribution in [0.25, 0.3) is 17.2 Å². The number of ether oxygens (including phenoxy) is 1. The topological polar surface area (TPSA) is 85.2 Å². The average molecular weight is 387 g/mol. The average Bonchev–Trinajstić information content (AvgIpc) is 3.05. The van der Waals surface area contributed by atoms with Gasteiger partial charge in [0.25, 0.3) is 0 Å². The first-order chi connectivity index (χ1) is 13.2. The number of amides is 1. The quantitative estimate of drug-likeness (QED) is 0.859. The Morgan fingerprint density at radius 3 is 2.57 bits per heavy atom. The zero-order chi connectivity index (χ0) is 20.5. The largest absolute Gasteiger partial charge is 0.444 e. The fourth-order valence-corrected chi connectivity index (χ4v) is 3.23. The maximum atomic E-state index is 12.2. The number of imidazole rings is 1. The van der Waals surface area contributed by atoms with Crippen LogP contribution >= 0.6 is 0 Å². The van der Waals surface area contributed by atoms with Crippen molar-refractivity contribution in [1.29, 1.82) is 0 Å². The van der Waals surface area contributed by atoms with Gasteiger partial charge in [0.05, 0.1) is 6.33 Å². The third kappa shape index (κ3) is 4.43. The molecule has 0 unspecified atom stereocenters. The molecule has 1 aliphatic rings. The zero-order valence-electron chi connectivity index (χ0n) is 17.4. The van der Waals surface area contributed by atoms with Crippen LogP contribution in [0.5, 0.6) is 0 Å². The SMILES string of the molecule is C=Cc1nc(NC2CCN(C(=O)OC(C)(C)C)CC2)c2ncn(C(C)C)c2n1. The number of likely N-dealkylation sites (tertiary alicyclic amines) is 1. The van der Waals surface area contributed by atoms with Gasteiger partial charge in [0.15, 0.2) is 17.3 Å². The van der Waals surface area contributed by atoms with Crippen molar-refractivity contribution in [1.82, 2.24) is 24.4 Å². The minimum absolute atomic E-state index is 0.207. The summed E-state index contributed by atoms with van der Waals surface area (Å²) in [4.78, 5) is 27.7. The molecule has 28 heavy (non-hydrogen) atoms. The summed E-state index contributed by atoms with van der Waals surface area (Å²) >= 11 is 0. The Morgan fingerprint density at radius 1 is 1.32 bits per heavy atom. The summed E-state index contributed by atoms with van der Waals surface area (Å²) in [5, 5.41) is 3.51. The van der Waals surface area contributed by atoms with Gasteiger partial charge in [-0.1, -0.05) is 6.58 Å². The predicted octanol–water partition coefficient (Wildman–Crippen LogP) is 3.86. The van der Waals surface area contributed by atoms with E-state index >= 15 is 0 Å². The second-order valence-electron chi connectivity index (χ2n) is 8.44. The number of hydrogen-bond acceptors (Lipinski definition) is 6. The molecule has 8 heteroatoms. The number of rotatable bonds is 4. The van der Waals surface area contributed by atoms with Crippen molar-refractivity contribution in [2.75, 3.05) is 18.4 Å². The third-order valence-electron chi connectivity index (χ3n) is 4.67. The van der Waals surface area contributed by atoms with E-state index in [1.54, 1.807) is 17.3 Å². The number of hydrogen-bond donors (Lipinski definition) is 1. The van der Waals surface area contributed by atoms with Crippen LogP contribution in [-0.4, -0.2) is 55.2 Å². The van der Waals surface area contributed by atoms with Crippen LogP contribution in [-0.2, 0) is 4.74 Å². The first-order valence-electron chi connectivity index (χ1n) is 9.79. The predicted molar refractivity (Wildman–Crippen MR) is 110 cm³/mol. The lowest BCUT2D eigenvalue weighted by molar-refractivity contribution is 0.0210. The Morgan fingerprint density at radius 2 is 2.00 bits per heavy atom. The van der Waals surface area contributed by atoms with Crippen molar-refractivity contribution in [3.63, 3.8) is 0 Å². The molecule has 1 aliphatic heterocycles. The van der Waals surface area contributed by atoms with Crippen molar-refractivity contribution >= 4 is 29.2 Å². The molecule has 8 nitrogen and oxygen atoms in total. The Balaban J connectivity index is 1.72. The van der Waals surface area contributed by atoms with E-state index in [-0.39, 0.29) is 18.2 Å². The maximum absolute atomic E-state index is 12.2. The second kappa shape index (κ2) is 7.77. The van der Waals surface area contributed by atoms with Crippen LogP contribution in [0, 0.1) is 0 Å². The molecule has 1 saturated heterocycles. The minimum atomic E-state index is -0.477. The lowest BCUT2D eigenvalue weighted by Crippen LogP contribution is -2.44. The van der Waals surface area contributed by atoms with Gasteiger partial charge in [-0.15, -0.1) is 0 Å². The fourth-order valence-electron chi connectivity index (χ4n) is 3.23. The van der Waals surface area contributed by atoms with Gasteiger partial charge in [0.2, 0.25) is 0 Å². The normalized spacial score (nSPS) is 15.9. The number of piperidine rings is 1. The molecule has 2 aromatic heterocycles. The molecule has 0 radical (unpaired) electrons. The molecule has 152 valence electrons. The van der Waals surface area contributed by atoms with Crippen LogP contribution in [0.4, 0.5) is 10.6 Å². The first kappa shape index (κ1) is 20.1. The summed E-state index contributed by atoms with van der Waals surface area (Å²) in [6, 6.07) is 0.459. The van der Waals surface area contributed by atoms with E-state index in [0.29, 0.717) is 18.9 Å². The summed E-state index contributed by atoms with van der Waals surface area (Å²) in [5.74, 6) is 1.29. The van der Waals surface area contributed by atoms with E-state index in [1.807, 2.05) is 25.3 Å². The first-order valence-corrected chi connectivity index (χ1v) is 9.79. The smallest absolute Gasteiger partial charge is 0.410 e.